The van der Waals surface area contributed by atoms with Crippen molar-refractivity contribution in [2.24, 2.45) is 23.2 Å². The first kappa shape index (κ1) is 58.5. The molecule has 25 atom stereocenters. The summed E-state index contributed by atoms with van der Waals surface area (Å²) >= 11 is 0. The number of carbonyl (C=O) groups excluding carboxylic acids is 2. The quantitative estimate of drug-likeness (QED) is 0.0547. The molecule has 1 rings (SSSR count). The third-order valence-electron chi connectivity index (χ3n) is 8.07. The molecule has 20 unspecified atom stereocenters. The van der Waals surface area contributed by atoms with E-state index in [1.165, 1.54) is 5.57 Å². The van der Waals surface area contributed by atoms with Gasteiger partial charge < -0.3 is 18.4 Å². The fourth-order valence-electron chi connectivity index (χ4n) is 5.77. The second-order valence-corrected chi connectivity index (χ2v) is 96.5. The van der Waals surface area contributed by atoms with Crippen molar-refractivity contribution in [2.75, 3.05) is 0 Å². The Labute approximate surface area is 354 Å². The van der Waals surface area contributed by atoms with Gasteiger partial charge in [0.05, 0.1) is 27.3 Å². The Morgan fingerprint density at radius 2 is 1.53 bits per heavy atom. The molecule has 0 aromatic carbocycles. The topological polar surface area (TPSA) is 61.8 Å². The van der Waals surface area contributed by atoms with Crippen LogP contribution in [-0.2, 0) is 23.2 Å². The number of aldehydes is 1. The molecule has 0 bridgehead atoms. The van der Waals surface area contributed by atoms with E-state index < -0.39 is 41.0 Å². The van der Waals surface area contributed by atoms with Gasteiger partial charge in [0.2, 0.25) is 0 Å². The minimum atomic E-state index is -0.773. The van der Waals surface area contributed by atoms with E-state index in [1.807, 2.05) is 13.8 Å². The maximum atomic E-state index is 14.5. The van der Waals surface area contributed by atoms with Crippen LogP contribution in [0.3, 0.4) is 0 Å². The van der Waals surface area contributed by atoms with Crippen LogP contribution >= 0.6 is 203 Å². The van der Waals surface area contributed by atoms with Gasteiger partial charge in [-0.3, -0.25) is 4.79 Å². The maximum Gasteiger partial charge on any atom is 0.165 e. The maximum absolute atomic E-state index is 14.5. The Balaban J connectivity index is 3.72. The number of carbonyl (C=O) groups is 2. The molecule has 0 fully saturated rings. The summed E-state index contributed by atoms with van der Waals surface area (Å²) in [4.78, 5) is 26.2. The van der Waals surface area contributed by atoms with E-state index in [4.69, 9.17) is 13.6 Å². The van der Waals surface area contributed by atoms with Gasteiger partial charge in [-0.1, -0.05) is 64.8 Å². The molecule has 0 N–H and O–H groups in total. The van der Waals surface area contributed by atoms with E-state index in [1.54, 1.807) is 0 Å². The van der Waals surface area contributed by atoms with E-state index in [2.05, 4.69) is 149 Å². The lowest BCUT2D eigenvalue weighted by molar-refractivity contribution is -0.131. The molecular weight excluding hydrogens is 1110 g/mol. The van der Waals surface area contributed by atoms with Crippen molar-refractivity contribution in [1.82, 2.24) is 0 Å². The third-order valence-corrected chi connectivity index (χ3v) is 127. The fourth-order valence-corrected chi connectivity index (χ4v) is 169. The molecule has 0 aromatic heterocycles. The second kappa shape index (κ2) is 29.9. The van der Waals surface area contributed by atoms with Crippen molar-refractivity contribution in [3.63, 3.8) is 0 Å². The number of ketones is 1. The van der Waals surface area contributed by atoms with Crippen LogP contribution in [0.15, 0.2) is 23.8 Å². The van der Waals surface area contributed by atoms with E-state index in [-0.39, 0.29) is 85.7 Å². The Hall–Kier alpha value is 9.45. The molecule has 51 heavy (non-hydrogen) atoms. The van der Waals surface area contributed by atoms with Crippen LogP contribution < -0.4 is 0 Å². The summed E-state index contributed by atoms with van der Waals surface area (Å²) in [7, 11) is 38.8. The molecule has 0 saturated heterocycles. The van der Waals surface area contributed by atoms with E-state index in [9.17, 15) is 9.59 Å². The van der Waals surface area contributed by atoms with E-state index in [0.717, 1.165) is 26.2 Å². The molecule has 0 aromatic rings. The lowest BCUT2D eigenvalue weighted by Gasteiger charge is -2.48. The zero-order valence-corrected chi connectivity index (χ0v) is 55.4. The molecule has 30 heteroatoms. The first-order valence-electron chi connectivity index (χ1n) is 15.1. The molecule has 298 valence electrons. The highest BCUT2D eigenvalue weighted by Crippen LogP contribution is 3.18. The predicted molar refractivity (Wildman–Crippen MR) is 310 cm³/mol. The summed E-state index contributed by atoms with van der Waals surface area (Å²) < 4.78 is 21.0. The standard InChI is InChI=1S/C21H59O5P25/c1-12(8-7-9-22)18(14(3)19(23)15(4)25-42(44(29)30)50(41-28)46(33)34)20(24-40-27)16-10-17(13(2)11-21(16,5)6)26-43(49(39)45(31)32)51(47(35)36)48(37)38/h9,11,14-18,20,40-41H,1,7-8,10,27-39H2,2-6H3/t14-,15+,16?,17-,18+,20+,42?,43?,49?,50?/m0/s1. The van der Waals surface area contributed by atoms with Crippen LogP contribution in [-0.4, -0.2) is 30.4 Å². The Kier molecular flexibility index (Phi) is 34.3. The molecule has 5 nitrogen and oxygen atoms in total. The normalized spacial score (nSPS) is 23.4. The van der Waals surface area contributed by atoms with Gasteiger partial charge in [-0.15, -0.1) is 98.2 Å². The highest BCUT2D eigenvalue weighted by molar-refractivity contribution is 9.19. The van der Waals surface area contributed by atoms with E-state index >= 15 is 0 Å². The SMILES string of the molecule is C=C(CCC=O)[C@H]([C@H](C)C(=O)[C@@H](C)OP(P(P)P)P(PP)P(P)P)[C@H](OPP)C1C[C@H](OP(P(P)P(P)P)P(P(P)P)P(P)P)C(C)=CC1(C)C. The Morgan fingerprint density at radius 1 is 0.961 bits per heavy atom. The smallest absolute Gasteiger partial charge is 0.165 e. The molecule has 0 heterocycles. The van der Waals surface area contributed by atoms with E-state index in [0.29, 0.717) is 12.8 Å². The fraction of sp³-hybridized carbons (Fsp3) is 0.714. The minimum Gasteiger partial charge on any atom is -0.354 e. The summed E-state index contributed by atoms with van der Waals surface area (Å²) in [6, 6.07) is 0. The van der Waals surface area contributed by atoms with Crippen molar-refractivity contribution in [3.8, 4) is 0 Å². The first-order valence-corrected chi connectivity index (χ1v) is 58.1. The lowest BCUT2D eigenvalue weighted by atomic mass is 9.62. The van der Waals surface area contributed by atoms with Crippen molar-refractivity contribution in [3.05, 3.63) is 23.8 Å². The molecule has 0 spiro atoms. The van der Waals surface area contributed by atoms with Crippen molar-refractivity contribution in [1.29, 1.82) is 0 Å². The van der Waals surface area contributed by atoms with Gasteiger partial charge in [-0.2, -0.15) is 0 Å². The first-order chi connectivity index (χ1) is 23.6. The van der Waals surface area contributed by atoms with Crippen molar-refractivity contribution < 1.29 is 23.2 Å². The average molecular weight is 1170 g/mol. The molecule has 1 aliphatic carbocycles. The van der Waals surface area contributed by atoms with Crippen LogP contribution in [0.5, 0.6) is 0 Å². The van der Waals surface area contributed by atoms with Gasteiger partial charge in [0.25, 0.3) is 0 Å². The third kappa shape index (κ3) is 19.1. The lowest BCUT2D eigenvalue weighted by Crippen LogP contribution is -2.47. The zero-order valence-electron chi connectivity index (χ0n) is 29.5. The summed E-state index contributed by atoms with van der Waals surface area (Å²) in [5.74, 6) is -0.533. The van der Waals surface area contributed by atoms with Crippen molar-refractivity contribution in [2.45, 2.75) is 72.2 Å². The molecule has 0 saturated carbocycles. The van der Waals surface area contributed by atoms with Crippen LogP contribution in [0.2, 0.25) is 0 Å². The van der Waals surface area contributed by atoms with Crippen LogP contribution in [0.1, 0.15) is 53.9 Å². The summed E-state index contributed by atoms with van der Waals surface area (Å²) in [6.45, 7) is 12.5. The Bertz CT molecular complexity index is 1120. The molecule has 0 amide bonds. The van der Waals surface area contributed by atoms with Gasteiger partial charge in [0.1, 0.15) is 12.4 Å². The molecule has 0 aliphatic heterocycles. The second-order valence-electron chi connectivity index (χ2n) is 12.1. The monoisotopic (exact) mass is 1170 g/mol. The summed E-state index contributed by atoms with van der Waals surface area (Å²) in [5, 5.41) is 0. The average Bonchev–Trinajstić information content (AvgIpc) is 3.02. The number of hydrogen-bond acceptors (Lipinski definition) is 5. The van der Waals surface area contributed by atoms with Gasteiger partial charge in [-0.05, 0) is 78.5 Å². The predicted octanol–water partition coefficient (Wildman–Crippen LogP) is 17.9. The highest BCUT2D eigenvalue weighted by Gasteiger charge is 2.48. The molecule has 0 radical (unpaired) electrons. The number of rotatable bonds is 24. The van der Waals surface area contributed by atoms with Gasteiger partial charge >= 0.3 is 0 Å². The van der Waals surface area contributed by atoms with Gasteiger partial charge in [-0.25, -0.2) is 0 Å². The zero-order chi connectivity index (χ0) is 39.5. The molecular formula is C21H59O5P25. The van der Waals surface area contributed by atoms with Crippen LogP contribution in [0.25, 0.3) is 0 Å². The van der Waals surface area contributed by atoms with Crippen molar-refractivity contribution >= 4 is 216 Å². The van der Waals surface area contributed by atoms with Crippen LogP contribution in [0, 0.1) is 23.2 Å². The number of Topliss-reactive ketones (excluding diaryl/α,β-unsaturated/α-hetero) is 1. The van der Waals surface area contributed by atoms with Gasteiger partial charge in [0, 0.05) is 47.7 Å². The number of hydrogen-bond donors (Lipinski definition) is 0. The molecule has 1 aliphatic rings. The van der Waals surface area contributed by atoms with Gasteiger partial charge in [0.15, 0.2) is 5.78 Å². The summed E-state index contributed by atoms with van der Waals surface area (Å²) in [6.07, 6.45) is 4.18. The minimum absolute atomic E-state index is 0.0340. The highest BCUT2D eigenvalue weighted by atomic mass is 33.2. The number of allylic oxidation sites excluding steroid dienone is 1. The van der Waals surface area contributed by atoms with Crippen LogP contribution in [0.4, 0.5) is 0 Å². The largest absolute Gasteiger partial charge is 0.354 e. The Morgan fingerprint density at radius 3 is 1.96 bits per heavy atom. The summed E-state index contributed by atoms with van der Waals surface area (Å²) in [5.41, 5.74) is 1.97.